The molecule has 0 radical (unpaired) electrons. The molecule has 0 N–H and O–H groups in total. The van der Waals surface area contributed by atoms with Crippen molar-refractivity contribution in [3.8, 4) is 0 Å². The van der Waals surface area contributed by atoms with E-state index >= 15 is 0 Å². The fourth-order valence-electron chi connectivity index (χ4n) is 2.91. The number of ether oxygens (including phenoxy) is 1. The highest BCUT2D eigenvalue weighted by atomic mass is 19.1. The number of hydrogen-bond donors (Lipinski definition) is 0. The topological polar surface area (TPSA) is 52.8 Å². The predicted octanol–water partition coefficient (Wildman–Crippen LogP) is 2.72. The van der Waals surface area contributed by atoms with E-state index < -0.39 is 12.4 Å². The van der Waals surface area contributed by atoms with Crippen LogP contribution < -0.4 is 0 Å². The fraction of sp³-hybridized carbons (Fsp3) is 0.643. The zero-order valence-electron chi connectivity index (χ0n) is 12.2. The van der Waals surface area contributed by atoms with Gasteiger partial charge < -0.3 is 4.74 Å². The van der Waals surface area contributed by atoms with Crippen molar-refractivity contribution >= 4 is 11.2 Å². The van der Waals surface area contributed by atoms with Crippen molar-refractivity contribution in [2.45, 2.75) is 52.6 Å². The van der Waals surface area contributed by atoms with Crippen molar-refractivity contribution in [3.05, 3.63) is 17.8 Å². The molecule has 3 heterocycles. The molecule has 3 rings (SSSR count). The average Bonchev–Trinajstić information content (AvgIpc) is 2.93. The summed E-state index contributed by atoms with van der Waals surface area (Å²) in [6.45, 7) is 7.61. The largest absolute Gasteiger partial charge is 0.351 e. The van der Waals surface area contributed by atoms with Gasteiger partial charge in [-0.3, -0.25) is 4.57 Å². The molecule has 1 saturated heterocycles. The zero-order valence-corrected chi connectivity index (χ0v) is 12.2. The molecule has 1 fully saturated rings. The second-order valence-electron chi connectivity index (χ2n) is 5.46. The van der Waals surface area contributed by atoms with Gasteiger partial charge in [0, 0.05) is 5.92 Å². The number of rotatable bonds is 2. The van der Waals surface area contributed by atoms with E-state index in [0.717, 1.165) is 12.1 Å². The third kappa shape index (κ3) is 1.90. The van der Waals surface area contributed by atoms with Crippen molar-refractivity contribution in [2.24, 2.45) is 5.92 Å². The average molecular weight is 278 g/mol. The number of fused-ring (bicyclic) bond motifs is 1. The van der Waals surface area contributed by atoms with E-state index in [9.17, 15) is 4.39 Å². The molecule has 2 aromatic heterocycles. The van der Waals surface area contributed by atoms with E-state index in [1.165, 1.54) is 0 Å². The summed E-state index contributed by atoms with van der Waals surface area (Å²) >= 11 is 0. The van der Waals surface area contributed by atoms with Crippen LogP contribution in [0.1, 0.15) is 38.0 Å². The molecule has 20 heavy (non-hydrogen) atoms. The highest BCUT2D eigenvalue weighted by Gasteiger charge is 2.43. The summed E-state index contributed by atoms with van der Waals surface area (Å²) in [6, 6.07) is 0. The molecular formula is C14H19FN4O. The molecule has 5 nitrogen and oxygen atoms in total. The van der Waals surface area contributed by atoms with Crippen LogP contribution in [0.4, 0.5) is 4.39 Å². The maximum Gasteiger partial charge on any atom is 0.168 e. The standard InChI is InChI=1S/C14H19FN4O/c1-5-10-7(2)11(15)14(20-10)19-6-16-12-8(3)17-9(4)18-13(12)19/h6-7,10-11,14H,5H2,1-4H3. The summed E-state index contributed by atoms with van der Waals surface area (Å²) in [7, 11) is 0. The molecule has 0 aliphatic carbocycles. The van der Waals surface area contributed by atoms with Gasteiger partial charge in [-0.1, -0.05) is 13.8 Å². The molecule has 4 unspecified atom stereocenters. The SMILES string of the molecule is CCC1OC(n2cnc3c(C)nc(C)nc32)C(F)C1C. The van der Waals surface area contributed by atoms with Crippen molar-refractivity contribution in [2.75, 3.05) is 0 Å². The Kier molecular flexibility index (Phi) is 3.20. The van der Waals surface area contributed by atoms with Crippen LogP contribution in [0.2, 0.25) is 0 Å². The quantitative estimate of drug-likeness (QED) is 0.847. The van der Waals surface area contributed by atoms with Gasteiger partial charge in [0.2, 0.25) is 0 Å². The lowest BCUT2D eigenvalue weighted by molar-refractivity contribution is -0.0186. The van der Waals surface area contributed by atoms with Crippen LogP contribution in [-0.2, 0) is 4.74 Å². The first-order valence-electron chi connectivity index (χ1n) is 7.00. The van der Waals surface area contributed by atoms with E-state index in [4.69, 9.17) is 4.74 Å². The van der Waals surface area contributed by atoms with Gasteiger partial charge in [-0.05, 0) is 20.3 Å². The van der Waals surface area contributed by atoms with Crippen molar-refractivity contribution in [1.29, 1.82) is 0 Å². The summed E-state index contributed by atoms with van der Waals surface area (Å²) in [5.74, 6) is 0.539. The molecule has 0 spiro atoms. The van der Waals surface area contributed by atoms with E-state index in [0.29, 0.717) is 17.0 Å². The third-order valence-corrected chi connectivity index (χ3v) is 4.06. The van der Waals surface area contributed by atoms with Gasteiger partial charge >= 0.3 is 0 Å². The summed E-state index contributed by atoms with van der Waals surface area (Å²) in [5, 5.41) is 0. The first-order chi connectivity index (χ1) is 9.52. The van der Waals surface area contributed by atoms with E-state index in [-0.39, 0.29) is 12.0 Å². The fourth-order valence-corrected chi connectivity index (χ4v) is 2.91. The smallest absolute Gasteiger partial charge is 0.168 e. The molecule has 6 heteroatoms. The number of nitrogens with zero attached hydrogens (tertiary/aromatic N) is 4. The molecule has 0 amide bonds. The first-order valence-corrected chi connectivity index (χ1v) is 7.00. The minimum atomic E-state index is -1.05. The van der Waals surface area contributed by atoms with E-state index in [2.05, 4.69) is 15.0 Å². The molecule has 108 valence electrons. The van der Waals surface area contributed by atoms with Gasteiger partial charge in [-0.25, -0.2) is 19.3 Å². The lowest BCUT2D eigenvalue weighted by Crippen LogP contribution is -2.20. The van der Waals surface area contributed by atoms with Crippen molar-refractivity contribution in [1.82, 2.24) is 19.5 Å². The highest BCUT2D eigenvalue weighted by Crippen LogP contribution is 2.38. The Morgan fingerprint density at radius 3 is 2.75 bits per heavy atom. The molecule has 4 atom stereocenters. The maximum atomic E-state index is 14.5. The van der Waals surface area contributed by atoms with Gasteiger partial charge in [0.15, 0.2) is 18.0 Å². The minimum Gasteiger partial charge on any atom is -0.351 e. The maximum absolute atomic E-state index is 14.5. The molecule has 0 aromatic carbocycles. The van der Waals surface area contributed by atoms with Gasteiger partial charge in [-0.15, -0.1) is 0 Å². The lowest BCUT2D eigenvalue weighted by Gasteiger charge is -2.15. The first kappa shape index (κ1) is 13.4. The molecule has 0 bridgehead atoms. The van der Waals surface area contributed by atoms with Crippen LogP contribution in [0.15, 0.2) is 6.33 Å². The second kappa shape index (κ2) is 4.77. The van der Waals surface area contributed by atoms with Crippen LogP contribution in [0.25, 0.3) is 11.2 Å². The van der Waals surface area contributed by atoms with Crippen molar-refractivity contribution in [3.63, 3.8) is 0 Å². The van der Waals surface area contributed by atoms with Crippen LogP contribution in [0.5, 0.6) is 0 Å². The summed E-state index contributed by atoms with van der Waals surface area (Å²) in [6.07, 6.45) is 0.656. The van der Waals surface area contributed by atoms with Gasteiger partial charge in [0.25, 0.3) is 0 Å². The van der Waals surface area contributed by atoms with Crippen LogP contribution >= 0.6 is 0 Å². The zero-order chi connectivity index (χ0) is 14.4. The summed E-state index contributed by atoms with van der Waals surface area (Å²) in [4.78, 5) is 13.0. The molecule has 2 aromatic rings. The molecule has 1 aliphatic heterocycles. The number of aromatic nitrogens is 4. The summed E-state index contributed by atoms with van der Waals surface area (Å²) in [5.41, 5.74) is 2.16. The number of aryl methyl sites for hydroxylation is 2. The second-order valence-corrected chi connectivity index (χ2v) is 5.46. The van der Waals surface area contributed by atoms with Crippen LogP contribution in [0.3, 0.4) is 0 Å². The van der Waals surface area contributed by atoms with Gasteiger partial charge in [0.05, 0.1) is 18.1 Å². The molecule has 0 saturated carbocycles. The number of hydrogen-bond acceptors (Lipinski definition) is 4. The predicted molar refractivity (Wildman–Crippen MR) is 73.1 cm³/mol. The van der Waals surface area contributed by atoms with E-state index in [1.54, 1.807) is 10.9 Å². The Morgan fingerprint density at radius 2 is 2.10 bits per heavy atom. The normalized spacial score (nSPS) is 30.2. The Balaban J connectivity index is 2.07. The Labute approximate surface area is 117 Å². The Morgan fingerprint density at radius 1 is 1.35 bits per heavy atom. The number of imidazole rings is 1. The molecule has 1 aliphatic rings. The van der Waals surface area contributed by atoms with Gasteiger partial charge in [0.1, 0.15) is 11.3 Å². The number of halogens is 1. The van der Waals surface area contributed by atoms with Gasteiger partial charge in [-0.2, -0.15) is 0 Å². The summed E-state index contributed by atoms with van der Waals surface area (Å²) < 4.78 is 22.1. The van der Waals surface area contributed by atoms with Crippen LogP contribution in [0, 0.1) is 19.8 Å². The van der Waals surface area contributed by atoms with Crippen LogP contribution in [-0.4, -0.2) is 31.8 Å². The Hall–Kier alpha value is -1.56. The van der Waals surface area contributed by atoms with E-state index in [1.807, 2.05) is 27.7 Å². The lowest BCUT2D eigenvalue weighted by atomic mass is 10.00. The van der Waals surface area contributed by atoms with Crippen molar-refractivity contribution < 1.29 is 9.13 Å². The third-order valence-electron chi connectivity index (χ3n) is 4.06. The Bertz CT molecular complexity index is 641. The monoisotopic (exact) mass is 278 g/mol. The highest BCUT2D eigenvalue weighted by molar-refractivity contribution is 5.73. The number of alkyl halides is 1. The molecular weight excluding hydrogens is 259 g/mol. The minimum absolute atomic E-state index is 0.0588.